The van der Waals surface area contributed by atoms with E-state index in [1.807, 2.05) is 6.20 Å². The minimum atomic E-state index is -0.532. The first kappa shape index (κ1) is 58.7. The van der Waals surface area contributed by atoms with E-state index in [-0.39, 0.29) is 42.7 Å². The number of hydrogen-bond donors (Lipinski definition) is 0. The molecule has 0 amide bonds. The number of fused-ring (bicyclic) bond motifs is 3. The van der Waals surface area contributed by atoms with Crippen molar-refractivity contribution in [1.29, 1.82) is 0 Å². The van der Waals surface area contributed by atoms with Gasteiger partial charge in [0.15, 0.2) is 0 Å². The molecule has 0 radical (unpaired) electrons. The van der Waals surface area contributed by atoms with E-state index in [1.54, 1.807) is 0 Å². The summed E-state index contributed by atoms with van der Waals surface area (Å²) in [6.45, 7) is 37.2. The third-order valence-electron chi connectivity index (χ3n) is 17.1. The van der Waals surface area contributed by atoms with Crippen LogP contribution in [-0.4, -0.2) is 9.55 Å². The predicted octanol–water partition coefficient (Wildman–Crippen LogP) is 20.1. The zero-order chi connectivity index (χ0) is 58.1. The number of aromatic nitrogens is 2. The molecule has 426 valence electrons. The van der Waals surface area contributed by atoms with Crippen molar-refractivity contribution >= 4 is 33.2 Å². The zero-order valence-corrected chi connectivity index (χ0v) is 53.4. The van der Waals surface area contributed by atoms with Gasteiger partial charge in [0.1, 0.15) is 5.82 Å². The van der Waals surface area contributed by atoms with E-state index in [1.165, 1.54) is 39.1 Å². The topological polar surface area (TPSA) is 33.5 Å². The van der Waals surface area contributed by atoms with Gasteiger partial charge in [0.05, 0.1) is 0 Å². The molecule has 83 heavy (non-hydrogen) atoms. The molecular weight excluding hydrogens is 1190 g/mol. The van der Waals surface area contributed by atoms with Crippen LogP contribution < -0.4 is 14.5 Å². The van der Waals surface area contributed by atoms with Crippen LogP contribution in [0.4, 0.5) is 11.4 Å². The van der Waals surface area contributed by atoms with Crippen LogP contribution >= 0.6 is 0 Å². The molecular formula is C77H79N4OPt-3. The van der Waals surface area contributed by atoms with E-state index in [9.17, 15) is 0 Å². The first-order valence-corrected chi connectivity index (χ1v) is 29.1. The Kier molecular flexibility index (Phi) is 15.5. The van der Waals surface area contributed by atoms with Gasteiger partial charge in [-0.05, 0) is 90.9 Å². The second kappa shape index (κ2) is 21.9. The fourth-order valence-electron chi connectivity index (χ4n) is 12.1. The van der Waals surface area contributed by atoms with Crippen molar-refractivity contribution < 1.29 is 25.8 Å². The summed E-state index contributed by atoms with van der Waals surface area (Å²) in [5.74, 6) is 2.01. The number of allylic oxidation sites excluding steroid dienone is 2. The smallest absolute Gasteiger partial charge is 0.135 e. The molecule has 8 aromatic carbocycles. The predicted molar refractivity (Wildman–Crippen MR) is 345 cm³/mol. The molecule has 0 atom stereocenters. The third kappa shape index (κ3) is 11.2. The Morgan fingerprint density at radius 3 is 1.46 bits per heavy atom. The summed E-state index contributed by atoms with van der Waals surface area (Å²) in [6, 6.07) is 78.1. The van der Waals surface area contributed by atoms with Crippen molar-refractivity contribution in [2.45, 2.75) is 136 Å². The largest absolute Gasteiger partial charge is 0.509 e. The molecule has 3 heterocycles. The Labute approximate surface area is 509 Å². The van der Waals surface area contributed by atoms with Gasteiger partial charge in [0.25, 0.3) is 0 Å². The van der Waals surface area contributed by atoms with Gasteiger partial charge in [0, 0.05) is 77.6 Å². The molecule has 1 aliphatic heterocycles. The van der Waals surface area contributed by atoms with Gasteiger partial charge in [-0.25, -0.2) is 4.98 Å². The van der Waals surface area contributed by atoms with Gasteiger partial charge >= 0.3 is 0 Å². The van der Waals surface area contributed by atoms with Crippen molar-refractivity contribution in [2.75, 3.05) is 9.80 Å². The summed E-state index contributed by atoms with van der Waals surface area (Å²) in [6.07, 6.45) is 1.95. The number of hydrogen-bond acceptors (Lipinski definition) is 4. The monoisotopic (exact) mass is 1270 g/mol. The van der Waals surface area contributed by atoms with E-state index in [2.05, 4.69) is 331 Å². The first-order chi connectivity index (χ1) is 38.8. The van der Waals surface area contributed by atoms with Gasteiger partial charge in [-0.15, -0.1) is 53.8 Å². The normalized spacial score (nSPS) is 13.7. The maximum absolute atomic E-state index is 7.38. The Morgan fingerprint density at radius 2 is 0.916 bits per heavy atom. The Balaban J connectivity index is 0.00000769. The zero-order valence-electron chi connectivity index (χ0n) is 51.1. The summed E-state index contributed by atoms with van der Waals surface area (Å²) in [5, 5.41) is 2.28. The Morgan fingerprint density at radius 1 is 0.422 bits per heavy atom. The van der Waals surface area contributed by atoms with Gasteiger partial charge in [-0.1, -0.05) is 260 Å². The number of rotatable bonds is 12. The quantitative estimate of drug-likeness (QED) is 0.114. The van der Waals surface area contributed by atoms with Crippen LogP contribution in [0.2, 0.25) is 0 Å². The number of para-hydroxylation sites is 1. The standard InChI is InChI=1S/C77H79N4O.Pt/c1-72(2,3)58-44-59(73(4,5)6)46-61(45-58)80-51-79(70(76(12,13)55-34-24-18-25-35-55)71(80)77(14,15)56-36-26-19-27-37-56)60-42-53(52-30-20-16-21-31-52)43-62(48-60)82-63-49-65(74(7,8)9)69-64-38-28-29-39-66(64)81(67(69)50-63)68-47-57(40-41-78-68)75(10,11)54-32-22-17-23-33-54;/h16-47,49,51H,1-15H3;/q-3;. The second-order valence-corrected chi connectivity index (χ2v) is 27.2. The van der Waals surface area contributed by atoms with Crippen LogP contribution in [0.3, 0.4) is 0 Å². The molecule has 5 nitrogen and oxygen atoms in total. The fourth-order valence-corrected chi connectivity index (χ4v) is 12.1. The summed E-state index contributed by atoms with van der Waals surface area (Å²) in [7, 11) is 0. The Hall–Kier alpha value is -7.46. The van der Waals surface area contributed by atoms with Crippen LogP contribution in [0.25, 0.3) is 38.8 Å². The third-order valence-corrected chi connectivity index (χ3v) is 17.1. The van der Waals surface area contributed by atoms with E-state index in [4.69, 9.17) is 9.72 Å². The van der Waals surface area contributed by atoms with Crippen LogP contribution in [0, 0.1) is 18.8 Å². The fraction of sp³-hybridized carbons (Fsp3) is 0.273. The number of benzene rings is 8. The number of pyridine rings is 1. The van der Waals surface area contributed by atoms with Crippen molar-refractivity contribution in [3.8, 4) is 28.4 Å². The van der Waals surface area contributed by atoms with E-state index in [0.29, 0.717) is 11.5 Å². The molecule has 11 rings (SSSR count). The van der Waals surface area contributed by atoms with Crippen LogP contribution in [-0.2, 0) is 53.6 Å². The molecule has 6 heteroatoms. The molecule has 2 aromatic heterocycles. The molecule has 0 saturated heterocycles. The maximum atomic E-state index is 7.38. The average Bonchev–Trinajstić information content (AvgIpc) is 1.83. The van der Waals surface area contributed by atoms with Crippen LogP contribution in [0.1, 0.15) is 143 Å². The molecule has 0 N–H and O–H groups in total. The number of anilines is 2. The minimum absolute atomic E-state index is 0. The maximum Gasteiger partial charge on any atom is 0.135 e. The number of nitrogens with zero attached hydrogens (tertiary/aromatic N) is 4. The van der Waals surface area contributed by atoms with Gasteiger partial charge in [-0.3, -0.25) is 0 Å². The van der Waals surface area contributed by atoms with E-state index in [0.717, 1.165) is 61.4 Å². The molecule has 0 spiro atoms. The minimum Gasteiger partial charge on any atom is -0.509 e. The summed E-state index contributed by atoms with van der Waals surface area (Å²) in [5.41, 5.74) is 15.1. The Bertz CT molecular complexity index is 3970. The molecule has 0 bridgehead atoms. The molecule has 0 fully saturated rings. The summed E-state index contributed by atoms with van der Waals surface area (Å²) >= 11 is 0. The summed E-state index contributed by atoms with van der Waals surface area (Å²) in [4.78, 5) is 10.0. The SMILES string of the molecule is CC(C)(C)c1cc(N2[CH-]N(c3[c-]c(Oc4[c-]c5c(c(C(C)(C)C)c4)c4ccccc4n5-c4cc(C(C)(C)c5ccccc5)ccn4)cc(-c4ccccc4)c3)C(C(C)(C)c3ccccc3)=C2C(C)(C)c2ccccc2)cc(C(C)(C)C)c1.[Pt]. The van der Waals surface area contributed by atoms with Gasteiger partial charge < -0.3 is 19.1 Å². The first-order valence-electron chi connectivity index (χ1n) is 29.1. The average molecular weight is 1270 g/mol. The van der Waals surface area contributed by atoms with Crippen LogP contribution in [0.15, 0.2) is 212 Å². The van der Waals surface area contributed by atoms with Crippen molar-refractivity contribution in [1.82, 2.24) is 9.55 Å². The van der Waals surface area contributed by atoms with Crippen molar-refractivity contribution in [3.63, 3.8) is 0 Å². The molecule has 1 aliphatic rings. The van der Waals surface area contributed by atoms with E-state index >= 15 is 0 Å². The number of ether oxygens (including phenoxy) is 1. The van der Waals surface area contributed by atoms with Crippen molar-refractivity contribution in [3.05, 3.63) is 269 Å². The van der Waals surface area contributed by atoms with E-state index < -0.39 is 10.8 Å². The van der Waals surface area contributed by atoms with Crippen LogP contribution in [0.5, 0.6) is 11.5 Å². The molecule has 0 unspecified atom stereocenters. The van der Waals surface area contributed by atoms with Crippen molar-refractivity contribution in [2.24, 2.45) is 0 Å². The van der Waals surface area contributed by atoms with Gasteiger partial charge in [-0.2, -0.15) is 0 Å². The van der Waals surface area contributed by atoms with Gasteiger partial charge in [0.2, 0.25) is 0 Å². The summed E-state index contributed by atoms with van der Waals surface area (Å²) < 4.78 is 9.66. The second-order valence-electron chi connectivity index (χ2n) is 27.2. The molecule has 0 aliphatic carbocycles. The molecule has 10 aromatic rings. The molecule has 0 saturated carbocycles.